The highest BCUT2D eigenvalue weighted by Gasteiger charge is 2.27. The van der Waals surface area contributed by atoms with Crippen LogP contribution < -0.4 is 14.9 Å². The van der Waals surface area contributed by atoms with E-state index in [1.54, 1.807) is 24.3 Å². The summed E-state index contributed by atoms with van der Waals surface area (Å²) in [7, 11) is 0. The summed E-state index contributed by atoms with van der Waals surface area (Å²) in [5, 5.41) is 9.99. The molecular formula is C26H28ClNO6. The molecule has 8 heteroatoms. The first-order valence-electron chi connectivity index (χ1n) is 11.4. The maximum Gasteiger partial charge on any atom is 0.307 e. The molecule has 1 aromatic heterocycles. The van der Waals surface area contributed by atoms with Gasteiger partial charge in [0.05, 0.1) is 28.5 Å². The van der Waals surface area contributed by atoms with Crippen molar-refractivity contribution in [3.8, 4) is 22.8 Å². The van der Waals surface area contributed by atoms with E-state index in [0.717, 1.165) is 6.54 Å². The minimum atomic E-state index is -0.759. The fraction of sp³-hybridized carbons (Fsp3) is 0.385. The summed E-state index contributed by atoms with van der Waals surface area (Å²) in [5.41, 5.74) is 0.747. The van der Waals surface area contributed by atoms with Crippen LogP contribution in [0.5, 0.6) is 11.5 Å². The molecule has 0 saturated carbocycles. The second-order valence-corrected chi connectivity index (χ2v) is 9.33. The van der Waals surface area contributed by atoms with Gasteiger partial charge in [0, 0.05) is 25.2 Å². The van der Waals surface area contributed by atoms with Crippen molar-refractivity contribution in [3.63, 3.8) is 0 Å². The molecule has 3 aromatic rings. The predicted molar refractivity (Wildman–Crippen MR) is 131 cm³/mol. The molecule has 34 heavy (non-hydrogen) atoms. The first-order chi connectivity index (χ1) is 16.3. The molecule has 1 N–H and O–H groups in total. The minimum absolute atomic E-state index is 0.193. The molecule has 0 radical (unpaired) electrons. The summed E-state index contributed by atoms with van der Waals surface area (Å²) in [5.74, 6) is 0.793. The fourth-order valence-electron chi connectivity index (χ4n) is 3.98. The molecule has 2 aromatic carbocycles. The quantitative estimate of drug-likeness (QED) is 0.459. The number of benzene rings is 2. The summed E-state index contributed by atoms with van der Waals surface area (Å²) >= 11 is 6.28. The predicted octanol–water partition coefficient (Wildman–Crippen LogP) is 4.93. The topological polar surface area (TPSA) is 89.2 Å². The van der Waals surface area contributed by atoms with Crippen LogP contribution >= 0.6 is 11.6 Å². The number of fused-ring (bicyclic) bond motifs is 1. The molecule has 0 unspecified atom stereocenters. The van der Waals surface area contributed by atoms with Crippen LogP contribution in [0.1, 0.15) is 20.3 Å². The zero-order valence-electron chi connectivity index (χ0n) is 19.3. The second-order valence-electron chi connectivity index (χ2n) is 8.93. The molecule has 4 rings (SSSR count). The van der Waals surface area contributed by atoms with Crippen LogP contribution in [-0.4, -0.2) is 48.8 Å². The molecule has 0 bridgehead atoms. The lowest BCUT2D eigenvalue weighted by Crippen LogP contribution is -2.27. The third-order valence-corrected chi connectivity index (χ3v) is 6.09. The molecule has 1 atom stereocenters. The van der Waals surface area contributed by atoms with E-state index in [4.69, 9.17) is 25.5 Å². The molecule has 1 fully saturated rings. The Balaban J connectivity index is 1.60. The van der Waals surface area contributed by atoms with Crippen LogP contribution in [-0.2, 0) is 4.79 Å². The van der Waals surface area contributed by atoms with E-state index in [9.17, 15) is 14.7 Å². The third kappa shape index (κ3) is 5.54. The highest BCUT2D eigenvalue weighted by atomic mass is 35.5. The number of aliphatic carboxylic acids is 1. The average Bonchev–Trinajstić information content (AvgIpc) is 3.28. The van der Waals surface area contributed by atoms with Crippen molar-refractivity contribution in [2.75, 3.05) is 32.8 Å². The highest BCUT2D eigenvalue weighted by Crippen LogP contribution is 2.35. The van der Waals surface area contributed by atoms with Crippen molar-refractivity contribution in [2.45, 2.75) is 20.3 Å². The first kappa shape index (κ1) is 24.1. The van der Waals surface area contributed by atoms with Gasteiger partial charge in [-0.05, 0) is 43.1 Å². The van der Waals surface area contributed by atoms with Gasteiger partial charge in [-0.1, -0.05) is 31.5 Å². The second kappa shape index (κ2) is 10.5. The monoisotopic (exact) mass is 485 g/mol. The van der Waals surface area contributed by atoms with E-state index in [0.29, 0.717) is 77.5 Å². The highest BCUT2D eigenvalue weighted by molar-refractivity contribution is 6.34. The largest absolute Gasteiger partial charge is 0.493 e. The number of para-hydroxylation sites is 1. The maximum atomic E-state index is 12.7. The van der Waals surface area contributed by atoms with Gasteiger partial charge in [-0.2, -0.15) is 0 Å². The molecular weight excluding hydrogens is 458 g/mol. The van der Waals surface area contributed by atoms with Gasteiger partial charge >= 0.3 is 5.97 Å². The summed E-state index contributed by atoms with van der Waals surface area (Å²) in [6.45, 7) is 6.88. The van der Waals surface area contributed by atoms with E-state index in [-0.39, 0.29) is 11.3 Å². The molecule has 1 saturated heterocycles. The Hall–Kier alpha value is -3.03. The van der Waals surface area contributed by atoms with Crippen molar-refractivity contribution in [1.82, 2.24) is 4.90 Å². The lowest BCUT2D eigenvalue weighted by molar-refractivity contribution is -0.141. The van der Waals surface area contributed by atoms with Gasteiger partial charge in [-0.25, -0.2) is 0 Å². The Labute approximate surface area is 202 Å². The van der Waals surface area contributed by atoms with E-state index in [1.807, 2.05) is 12.1 Å². The normalized spacial score (nSPS) is 16.3. The van der Waals surface area contributed by atoms with Gasteiger partial charge in [0.2, 0.25) is 0 Å². The average molecular weight is 486 g/mol. The Morgan fingerprint density at radius 2 is 2.06 bits per heavy atom. The van der Waals surface area contributed by atoms with Crippen LogP contribution in [0.2, 0.25) is 5.02 Å². The summed E-state index contributed by atoms with van der Waals surface area (Å²) in [4.78, 5) is 26.0. The van der Waals surface area contributed by atoms with Crippen molar-refractivity contribution in [2.24, 2.45) is 11.8 Å². The van der Waals surface area contributed by atoms with E-state index >= 15 is 0 Å². The Morgan fingerprint density at radius 1 is 1.24 bits per heavy atom. The van der Waals surface area contributed by atoms with Gasteiger partial charge in [0.15, 0.2) is 11.0 Å². The van der Waals surface area contributed by atoms with Crippen LogP contribution in [0.15, 0.2) is 51.7 Å². The SMILES string of the molecule is CC(C)COc1ccc(-c2cc(=O)c3cccc(Cl)c3o2)c(OCCN2CC[C@H](C(=O)O)C2)c1. The maximum absolute atomic E-state index is 12.7. The number of hydrogen-bond acceptors (Lipinski definition) is 6. The van der Waals surface area contributed by atoms with E-state index in [1.165, 1.54) is 6.07 Å². The standard InChI is InChI=1S/C26H28ClNO6/c1-16(2)15-33-18-6-7-20(24-13-22(29)19-4-3-5-21(27)25(19)34-24)23(12-18)32-11-10-28-9-8-17(14-28)26(30)31/h3-7,12-13,16-17H,8-11,14-15H2,1-2H3,(H,30,31)/t17-/m0/s1. The summed E-state index contributed by atoms with van der Waals surface area (Å²) < 4.78 is 18.0. The van der Waals surface area contributed by atoms with Gasteiger partial charge in [0.1, 0.15) is 23.9 Å². The molecule has 7 nitrogen and oxygen atoms in total. The Bertz CT molecular complexity index is 1240. The number of rotatable bonds is 9. The van der Waals surface area contributed by atoms with Crippen molar-refractivity contribution in [1.29, 1.82) is 0 Å². The van der Waals surface area contributed by atoms with Gasteiger partial charge in [-0.3, -0.25) is 14.5 Å². The molecule has 1 aliphatic heterocycles. The lowest BCUT2D eigenvalue weighted by atomic mass is 10.1. The van der Waals surface area contributed by atoms with Crippen LogP contribution in [0.4, 0.5) is 0 Å². The number of carboxylic acids is 1. The minimum Gasteiger partial charge on any atom is -0.493 e. The van der Waals surface area contributed by atoms with Crippen LogP contribution in [0.25, 0.3) is 22.3 Å². The first-order valence-corrected chi connectivity index (χ1v) is 11.8. The number of carboxylic acid groups (broad SMARTS) is 1. The van der Waals surface area contributed by atoms with Crippen LogP contribution in [0.3, 0.4) is 0 Å². The summed E-state index contributed by atoms with van der Waals surface area (Å²) in [6.07, 6.45) is 0.641. The van der Waals surface area contributed by atoms with Gasteiger partial charge < -0.3 is 19.0 Å². The van der Waals surface area contributed by atoms with Crippen molar-refractivity contribution in [3.05, 3.63) is 57.7 Å². The third-order valence-electron chi connectivity index (χ3n) is 5.80. The fourth-order valence-corrected chi connectivity index (χ4v) is 4.19. The lowest BCUT2D eigenvalue weighted by Gasteiger charge is -2.18. The van der Waals surface area contributed by atoms with Crippen LogP contribution in [0, 0.1) is 11.8 Å². The number of hydrogen-bond donors (Lipinski definition) is 1. The zero-order valence-corrected chi connectivity index (χ0v) is 20.0. The molecule has 2 heterocycles. The molecule has 0 aliphatic carbocycles. The molecule has 0 amide bonds. The number of ether oxygens (including phenoxy) is 2. The molecule has 1 aliphatic rings. The number of nitrogens with zero attached hydrogens (tertiary/aromatic N) is 1. The zero-order chi connectivity index (χ0) is 24.2. The van der Waals surface area contributed by atoms with E-state index < -0.39 is 5.97 Å². The summed E-state index contributed by atoms with van der Waals surface area (Å²) in [6, 6.07) is 11.9. The Kier molecular flexibility index (Phi) is 7.44. The van der Waals surface area contributed by atoms with E-state index in [2.05, 4.69) is 18.7 Å². The number of carbonyl (C=O) groups is 1. The van der Waals surface area contributed by atoms with Crippen molar-refractivity contribution >= 4 is 28.5 Å². The number of likely N-dealkylation sites (tertiary alicyclic amines) is 1. The smallest absolute Gasteiger partial charge is 0.307 e. The van der Waals surface area contributed by atoms with Gasteiger partial charge in [0.25, 0.3) is 0 Å². The Morgan fingerprint density at radius 3 is 2.79 bits per heavy atom. The van der Waals surface area contributed by atoms with Crippen molar-refractivity contribution < 1.29 is 23.8 Å². The molecule has 180 valence electrons. The molecule has 0 spiro atoms. The number of halogens is 1. The van der Waals surface area contributed by atoms with Gasteiger partial charge in [-0.15, -0.1) is 0 Å².